The Kier molecular flexibility index (Phi) is 5.53. The summed E-state index contributed by atoms with van der Waals surface area (Å²) in [4.78, 5) is 11.5. The normalized spacial score (nSPS) is 20.3. The maximum atomic E-state index is 12.6. The molecule has 27 heavy (non-hydrogen) atoms. The van der Waals surface area contributed by atoms with Crippen LogP contribution in [0.25, 0.3) is 0 Å². The van der Waals surface area contributed by atoms with E-state index in [-0.39, 0.29) is 34.1 Å². The number of benzene rings is 2. The van der Waals surface area contributed by atoms with E-state index in [0.29, 0.717) is 18.4 Å². The van der Waals surface area contributed by atoms with Gasteiger partial charge in [0.25, 0.3) is 0 Å². The van der Waals surface area contributed by atoms with E-state index >= 15 is 0 Å². The summed E-state index contributed by atoms with van der Waals surface area (Å²) in [5.41, 5.74) is 1.26. The predicted molar refractivity (Wildman–Crippen MR) is 102 cm³/mol. The van der Waals surface area contributed by atoms with Crippen LogP contribution in [0.5, 0.6) is 11.5 Å². The van der Waals surface area contributed by atoms with E-state index in [2.05, 4.69) is 4.72 Å². The molecule has 144 valence electrons. The van der Waals surface area contributed by atoms with E-state index in [0.717, 1.165) is 18.4 Å². The summed E-state index contributed by atoms with van der Waals surface area (Å²) >= 11 is 0. The van der Waals surface area contributed by atoms with E-state index in [1.165, 1.54) is 37.3 Å². The van der Waals surface area contributed by atoms with Crippen molar-refractivity contribution in [2.75, 3.05) is 0 Å². The summed E-state index contributed by atoms with van der Waals surface area (Å²) in [6.07, 6.45) is 2.81. The van der Waals surface area contributed by atoms with E-state index in [9.17, 15) is 23.4 Å². The lowest BCUT2D eigenvalue weighted by Gasteiger charge is -2.29. The van der Waals surface area contributed by atoms with E-state index in [4.69, 9.17) is 0 Å². The van der Waals surface area contributed by atoms with Gasteiger partial charge in [-0.15, -0.1) is 0 Å². The Morgan fingerprint density at radius 3 is 2.19 bits per heavy atom. The van der Waals surface area contributed by atoms with E-state index in [1.807, 2.05) is 0 Å². The van der Waals surface area contributed by atoms with Crippen molar-refractivity contribution in [2.45, 2.75) is 49.5 Å². The van der Waals surface area contributed by atoms with Crippen molar-refractivity contribution < 1.29 is 23.4 Å². The monoisotopic (exact) mass is 389 g/mol. The Morgan fingerprint density at radius 1 is 1.00 bits per heavy atom. The number of phenols is 2. The number of aromatic hydroxyl groups is 2. The quantitative estimate of drug-likeness (QED) is 0.681. The van der Waals surface area contributed by atoms with Gasteiger partial charge in [-0.25, -0.2) is 13.1 Å². The minimum Gasteiger partial charge on any atom is -0.508 e. The number of sulfonamides is 1. The van der Waals surface area contributed by atoms with Crippen molar-refractivity contribution in [3.63, 3.8) is 0 Å². The first-order valence-corrected chi connectivity index (χ1v) is 10.4. The fraction of sp³-hybridized carbons (Fsp3) is 0.350. The Hall–Kier alpha value is -2.38. The summed E-state index contributed by atoms with van der Waals surface area (Å²) < 4.78 is 27.9. The average Bonchev–Trinajstić information content (AvgIpc) is 2.62. The molecule has 0 atom stereocenters. The smallest absolute Gasteiger partial charge is 0.240 e. The number of rotatable bonds is 5. The minimum atomic E-state index is -3.64. The first-order valence-electron chi connectivity index (χ1n) is 8.91. The van der Waals surface area contributed by atoms with Crippen LogP contribution in [0, 0.1) is 0 Å². The second kappa shape index (κ2) is 7.70. The number of hydrogen-bond acceptors (Lipinski definition) is 5. The van der Waals surface area contributed by atoms with E-state index in [1.54, 1.807) is 12.1 Å². The van der Waals surface area contributed by atoms with Crippen LogP contribution in [-0.2, 0) is 10.0 Å². The van der Waals surface area contributed by atoms with Gasteiger partial charge in [0.2, 0.25) is 10.0 Å². The minimum absolute atomic E-state index is 0.0217. The van der Waals surface area contributed by atoms with Crippen LogP contribution in [0.4, 0.5) is 0 Å². The zero-order valence-corrected chi connectivity index (χ0v) is 15.9. The van der Waals surface area contributed by atoms with Gasteiger partial charge in [0.1, 0.15) is 11.5 Å². The highest BCUT2D eigenvalue weighted by Gasteiger charge is 2.27. The second-order valence-corrected chi connectivity index (χ2v) is 8.71. The Morgan fingerprint density at radius 2 is 1.63 bits per heavy atom. The third-order valence-electron chi connectivity index (χ3n) is 5.07. The van der Waals surface area contributed by atoms with Crippen LogP contribution >= 0.6 is 0 Å². The molecular formula is C20H23NO5S. The molecule has 0 aromatic heterocycles. The summed E-state index contributed by atoms with van der Waals surface area (Å²) in [6.45, 7) is 1.44. The predicted octanol–water partition coefficient (Wildman–Crippen LogP) is 3.31. The maximum Gasteiger partial charge on any atom is 0.240 e. The molecule has 1 fully saturated rings. The molecule has 3 N–H and O–H groups in total. The van der Waals surface area contributed by atoms with Crippen LogP contribution < -0.4 is 4.72 Å². The molecule has 0 bridgehead atoms. The molecule has 1 aliphatic rings. The number of ketones is 1. The lowest BCUT2D eigenvalue weighted by atomic mass is 9.81. The summed E-state index contributed by atoms with van der Waals surface area (Å²) in [5, 5.41) is 19.4. The molecule has 0 amide bonds. The number of nitrogens with one attached hydrogen (secondary N) is 1. The topological polar surface area (TPSA) is 104 Å². The van der Waals surface area contributed by atoms with Crippen LogP contribution in [-0.4, -0.2) is 30.5 Å². The molecule has 7 heteroatoms. The third-order valence-corrected chi connectivity index (χ3v) is 6.61. The van der Waals surface area contributed by atoms with E-state index < -0.39 is 10.0 Å². The Bertz CT molecular complexity index is 929. The molecule has 0 spiro atoms. The van der Waals surface area contributed by atoms with Crippen molar-refractivity contribution in [3.05, 3.63) is 53.6 Å². The first-order chi connectivity index (χ1) is 12.8. The average molecular weight is 389 g/mol. The zero-order chi connectivity index (χ0) is 19.6. The Balaban J connectivity index is 1.63. The number of Topliss-reactive ketones (excluding diaryl/α,β-unsaturated/α-hetero) is 1. The van der Waals surface area contributed by atoms with Crippen LogP contribution in [0.1, 0.15) is 54.4 Å². The molecule has 2 aromatic carbocycles. The van der Waals surface area contributed by atoms with Gasteiger partial charge in [-0.2, -0.15) is 0 Å². The van der Waals surface area contributed by atoms with Gasteiger partial charge in [-0.05, 0) is 62.3 Å². The highest BCUT2D eigenvalue weighted by molar-refractivity contribution is 7.89. The number of hydrogen-bond donors (Lipinski definition) is 3. The summed E-state index contributed by atoms with van der Waals surface area (Å²) in [7, 11) is -3.64. The fourth-order valence-electron chi connectivity index (χ4n) is 3.56. The molecule has 0 radical (unpaired) electrons. The summed E-state index contributed by atoms with van der Waals surface area (Å²) in [6, 6.07) is 10.3. The number of carbonyl (C=O) groups excluding carboxylic acids is 1. The van der Waals surface area contributed by atoms with Gasteiger partial charge >= 0.3 is 0 Å². The molecular weight excluding hydrogens is 366 g/mol. The van der Waals surface area contributed by atoms with Crippen molar-refractivity contribution in [1.82, 2.24) is 4.72 Å². The molecule has 3 rings (SSSR count). The third kappa shape index (κ3) is 4.48. The second-order valence-electron chi connectivity index (χ2n) is 6.99. The zero-order valence-electron chi connectivity index (χ0n) is 15.1. The van der Waals surface area contributed by atoms with Gasteiger partial charge in [0.05, 0.1) is 4.90 Å². The van der Waals surface area contributed by atoms with Crippen molar-refractivity contribution in [3.8, 4) is 11.5 Å². The highest BCUT2D eigenvalue weighted by Crippen LogP contribution is 2.38. The molecule has 1 aliphatic carbocycles. The summed E-state index contributed by atoms with van der Waals surface area (Å²) in [5.74, 6) is 0.127. The van der Waals surface area contributed by atoms with Crippen LogP contribution in [0.3, 0.4) is 0 Å². The van der Waals surface area contributed by atoms with Crippen molar-refractivity contribution in [2.24, 2.45) is 0 Å². The van der Waals surface area contributed by atoms with Gasteiger partial charge in [-0.3, -0.25) is 4.79 Å². The fourth-order valence-corrected chi connectivity index (χ4v) is 4.86. The Labute approximate surface area is 158 Å². The van der Waals surface area contributed by atoms with Crippen molar-refractivity contribution in [1.29, 1.82) is 0 Å². The van der Waals surface area contributed by atoms with Crippen molar-refractivity contribution >= 4 is 15.8 Å². The molecule has 0 saturated heterocycles. The van der Waals surface area contributed by atoms with Gasteiger partial charge in [-0.1, -0.05) is 18.2 Å². The maximum absolute atomic E-state index is 12.6. The van der Waals surface area contributed by atoms with Crippen LogP contribution in [0.15, 0.2) is 47.4 Å². The van der Waals surface area contributed by atoms with Gasteiger partial charge in [0.15, 0.2) is 5.78 Å². The SMILES string of the molecule is CC(=O)c1ccc(S(=O)(=O)NC2CCC(c3ccc(O)cc3O)CC2)cc1. The highest BCUT2D eigenvalue weighted by atomic mass is 32.2. The van der Waals surface area contributed by atoms with Gasteiger partial charge < -0.3 is 10.2 Å². The standard InChI is InChI=1S/C20H23NO5S/c1-13(22)14-4-9-18(10-5-14)27(25,26)21-16-6-2-15(3-7-16)19-11-8-17(23)12-20(19)24/h4-5,8-12,15-16,21,23-24H,2-3,6-7H2,1H3. The van der Waals surface area contributed by atoms with Gasteiger partial charge in [0, 0.05) is 17.7 Å². The molecule has 0 heterocycles. The lowest BCUT2D eigenvalue weighted by molar-refractivity contribution is 0.101. The molecule has 6 nitrogen and oxygen atoms in total. The lowest BCUT2D eigenvalue weighted by Crippen LogP contribution is -2.37. The molecule has 2 aromatic rings. The molecule has 1 saturated carbocycles. The largest absolute Gasteiger partial charge is 0.508 e. The number of carbonyl (C=O) groups is 1. The van der Waals surface area contributed by atoms with Crippen LogP contribution in [0.2, 0.25) is 0 Å². The molecule has 0 unspecified atom stereocenters. The first kappa shape index (κ1) is 19.4. The molecule has 0 aliphatic heterocycles. The number of phenolic OH excluding ortho intramolecular Hbond substituents is 2.